The molecule has 1 heterocycles. The van der Waals surface area contributed by atoms with Crippen LogP contribution in [0, 0.1) is 12.8 Å². The van der Waals surface area contributed by atoms with Crippen LogP contribution in [0.25, 0.3) is 0 Å². The number of hydrogen-bond donors (Lipinski definition) is 1. The van der Waals surface area contributed by atoms with Crippen molar-refractivity contribution < 1.29 is 4.74 Å². The summed E-state index contributed by atoms with van der Waals surface area (Å²) in [6.07, 6.45) is 6.00. The van der Waals surface area contributed by atoms with Crippen LogP contribution in [-0.4, -0.2) is 29.3 Å². The largest absolute Gasteiger partial charge is 0.383 e. The quantitative estimate of drug-likeness (QED) is 0.855. The van der Waals surface area contributed by atoms with E-state index in [0.717, 1.165) is 30.7 Å². The lowest BCUT2D eigenvalue weighted by atomic mass is 10.1. The molecule has 0 saturated heterocycles. The summed E-state index contributed by atoms with van der Waals surface area (Å²) in [4.78, 5) is 4.56. The Hall–Kier alpha value is -1.03. The first-order valence-corrected chi connectivity index (χ1v) is 6.50. The summed E-state index contributed by atoms with van der Waals surface area (Å²) in [7, 11) is 1.73. The number of ether oxygens (including phenoxy) is 1. The molecule has 0 aromatic carbocycles. The minimum atomic E-state index is 0.582. The molecule has 2 atom stereocenters. The van der Waals surface area contributed by atoms with E-state index < -0.39 is 0 Å². The third-order valence-electron chi connectivity index (χ3n) is 3.61. The first-order chi connectivity index (χ1) is 8.20. The molecule has 0 bridgehead atoms. The van der Waals surface area contributed by atoms with E-state index in [1.165, 1.54) is 19.3 Å². The summed E-state index contributed by atoms with van der Waals surface area (Å²) in [5.41, 5.74) is 1.06. The summed E-state index contributed by atoms with van der Waals surface area (Å²) in [5.74, 6) is 1.75. The van der Waals surface area contributed by atoms with E-state index in [4.69, 9.17) is 4.74 Å². The highest BCUT2D eigenvalue weighted by atomic mass is 16.5. The van der Waals surface area contributed by atoms with E-state index in [9.17, 15) is 0 Å². The zero-order chi connectivity index (χ0) is 12.3. The molecule has 1 saturated carbocycles. The molecule has 4 nitrogen and oxygen atoms in total. The van der Waals surface area contributed by atoms with Crippen molar-refractivity contribution in [1.29, 1.82) is 0 Å². The van der Waals surface area contributed by atoms with Crippen molar-refractivity contribution in [2.75, 3.05) is 19.0 Å². The molecule has 4 heteroatoms. The maximum atomic E-state index is 5.12. The Bertz CT molecular complexity index is 362. The van der Waals surface area contributed by atoms with Gasteiger partial charge in [-0.2, -0.15) is 0 Å². The Morgan fingerprint density at radius 3 is 3.00 bits per heavy atom. The molecule has 17 heavy (non-hydrogen) atoms. The van der Waals surface area contributed by atoms with E-state index in [1.54, 1.807) is 7.11 Å². The lowest BCUT2D eigenvalue weighted by Crippen LogP contribution is -2.24. The molecule has 1 aromatic rings. The second-order valence-corrected chi connectivity index (χ2v) is 5.05. The van der Waals surface area contributed by atoms with E-state index in [0.29, 0.717) is 6.04 Å². The van der Waals surface area contributed by atoms with Crippen LogP contribution in [0.4, 0.5) is 5.95 Å². The van der Waals surface area contributed by atoms with Gasteiger partial charge in [0.2, 0.25) is 5.95 Å². The fourth-order valence-corrected chi connectivity index (χ4v) is 2.55. The number of rotatable bonds is 5. The fourth-order valence-electron chi connectivity index (χ4n) is 2.55. The van der Waals surface area contributed by atoms with Gasteiger partial charge in [0.25, 0.3) is 0 Å². The number of hydrogen-bond acceptors (Lipinski definition) is 3. The first-order valence-electron chi connectivity index (χ1n) is 6.50. The number of nitrogens with zero attached hydrogens (tertiary/aromatic N) is 2. The van der Waals surface area contributed by atoms with Crippen LogP contribution >= 0.6 is 0 Å². The summed E-state index contributed by atoms with van der Waals surface area (Å²) >= 11 is 0. The minimum absolute atomic E-state index is 0.582. The Morgan fingerprint density at radius 1 is 1.53 bits per heavy atom. The highest BCUT2D eigenvalue weighted by molar-refractivity contribution is 5.31. The van der Waals surface area contributed by atoms with Gasteiger partial charge in [-0.25, -0.2) is 4.98 Å². The Morgan fingerprint density at radius 2 is 2.35 bits per heavy atom. The molecular weight excluding hydrogens is 214 g/mol. The van der Waals surface area contributed by atoms with Gasteiger partial charge in [-0.1, -0.05) is 13.3 Å². The average molecular weight is 237 g/mol. The Balaban J connectivity index is 2.03. The number of aromatic nitrogens is 2. The standard InChI is InChI=1S/C13H23N3O/c1-10-5-4-6-12(10)15-13-14-11(2)9-16(13)7-8-17-3/h9-10,12H,4-8H2,1-3H3,(H,14,15). The number of methoxy groups -OCH3 is 1. The number of aryl methyl sites for hydroxylation is 1. The minimum Gasteiger partial charge on any atom is -0.383 e. The molecule has 1 fully saturated rings. The Kier molecular flexibility index (Phi) is 4.05. The molecule has 0 radical (unpaired) electrons. The Labute approximate surface area is 103 Å². The second kappa shape index (κ2) is 5.54. The number of imidazole rings is 1. The van der Waals surface area contributed by atoms with Crippen molar-refractivity contribution in [2.24, 2.45) is 5.92 Å². The fraction of sp³-hybridized carbons (Fsp3) is 0.769. The molecule has 96 valence electrons. The topological polar surface area (TPSA) is 39.1 Å². The van der Waals surface area contributed by atoms with Crippen LogP contribution in [0.2, 0.25) is 0 Å². The summed E-state index contributed by atoms with van der Waals surface area (Å²) in [6.45, 7) is 5.94. The zero-order valence-corrected chi connectivity index (χ0v) is 11.1. The van der Waals surface area contributed by atoms with Crippen molar-refractivity contribution in [1.82, 2.24) is 9.55 Å². The molecule has 0 spiro atoms. The predicted molar refractivity (Wildman–Crippen MR) is 69.3 cm³/mol. The van der Waals surface area contributed by atoms with E-state index in [-0.39, 0.29) is 0 Å². The van der Waals surface area contributed by atoms with Gasteiger partial charge >= 0.3 is 0 Å². The van der Waals surface area contributed by atoms with Gasteiger partial charge in [-0.15, -0.1) is 0 Å². The zero-order valence-electron chi connectivity index (χ0n) is 11.1. The van der Waals surface area contributed by atoms with E-state index in [2.05, 4.69) is 28.0 Å². The third kappa shape index (κ3) is 3.00. The number of nitrogens with one attached hydrogen (secondary N) is 1. The van der Waals surface area contributed by atoms with Crippen molar-refractivity contribution in [3.63, 3.8) is 0 Å². The second-order valence-electron chi connectivity index (χ2n) is 5.05. The van der Waals surface area contributed by atoms with Gasteiger partial charge in [-0.05, 0) is 25.7 Å². The average Bonchev–Trinajstić information content (AvgIpc) is 2.84. The first kappa shape index (κ1) is 12.4. The van der Waals surface area contributed by atoms with Gasteiger partial charge in [0.15, 0.2) is 0 Å². The number of anilines is 1. The molecule has 2 unspecified atom stereocenters. The van der Waals surface area contributed by atoms with Gasteiger partial charge < -0.3 is 14.6 Å². The van der Waals surface area contributed by atoms with Gasteiger partial charge in [0, 0.05) is 25.9 Å². The van der Waals surface area contributed by atoms with Crippen molar-refractivity contribution in [3.8, 4) is 0 Å². The normalized spacial score (nSPS) is 24.2. The van der Waals surface area contributed by atoms with Gasteiger partial charge in [0.1, 0.15) is 0 Å². The van der Waals surface area contributed by atoms with Crippen LogP contribution < -0.4 is 5.32 Å². The maximum absolute atomic E-state index is 5.12. The maximum Gasteiger partial charge on any atom is 0.203 e. The van der Waals surface area contributed by atoms with Crippen molar-refractivity contribution in [3.05, 3.63) is 11.9 Å². The smallest absolute Gasteiger partial charge is 0.203 e. The molecule has 1 aromatic heterocycles. The molecule has 0 aliphatic heterocycles. The van der Waals surface area contributed by atoms with Crippen LogP contribution in [0.1, 0.15) is 31.9 Å². The molecular formula is C13H23N3O. The molecule has 1 aliphatic rings. The molecule has 1 N–H and O–H groups in total. The SMILES string of the molecule is COCCn1cc(C)nc1NC1CCCC1C. The molecule has 1 aliphatic carbocycles. The summed E-state index contributed by atoms with van der Waals surface area (Å²) in [5, 5.41) is 3.59. The monoisotopic (exact) mass is 237 g/mol. The lowest BCUT2D eigenvalue weighted by Gasteiger charge is -2.18. The predicted octanol–water partition coefficient (Wildman–Crippen LogP) is 2.44. The highest BCUT2D eigenvalue weighted by Gasteiger charge is 2.24. The molecule has 2 rings (SSSR count). The van der Waals surface area contributed by atoms with Crippen molar-refractivity contribution >= 4 is 5.95 Å². The van der Waals surface area contributed by atoms with Crippen LogP contribution in [0.5, 0.6) is 0 Å². The highest BCUT2D eigenvalue weighted by Crippen LogP contribution is 2.27. The van der Waals surface area contributed by atoms with Crippen molar-refractivity contribution in [2.45, 2.75) is 45.7 Å². The molecule has 0 amide bonds. The van der Waals surface area contributed by atoms with E-state index in [1.807, 2.05) is 6.92 Å². The third-order valence-corrected chi connectivity index (χ3v) is 3.61. The summed E-state index contributed by atoms with van der Waals surface area (Å²) < 4.78 is 7.28. The van der Waals surface area contributed by atoms with Gasteiger partial charge in [-0.3, -0.25) is 0 Å². The van der Waals surface area contributed by atoms with Gasteiger partial charge in [0.05, 0.1) is 12.3 Å². The van der Waals surface area contributed by atoms with Crippen LogP contribution in [-0.2, 0) is 11.3 Å². The van der Waals surface area contributed by atoms with E-state index >= 15 is 0 Å². The van der Waals surface area contributed by atoms with Crippen LogP contribution in [0.3, 0.4) is 0 Å². The lowest BCUT2D eigenvalue weighted by molar-refractivity contribution is 0.187. The summed E-state index contributed by atoms with van der Waals surface area (Å²) in [6, 6.07) is 0.582. The van der Waals surface area contributed by atoms with Crippen LogP contribution in [0.15, 0.2) is 6.20 Å².